The summed E-state index contributed by atoms with van der Waals surface area (Å²) < 4.78 is 5.12. The zero-order chi connectivity index (χ0) is 18.4. The van der Waals surface area contributed by atoms with E-state index in [-0.39, 0.29) is 12.3 Å². The molecule has 0 aliphatic rings. The van der Waals surface area contributed by atoms with Crippen molar-refractivity contribution in [1.82, 2.24) is 10.2 Å². The van der Waals surface area contributed by atoms with Gasteiger partial charge in [0.1, 0.15) is 5.75 Å². The van der Waals surface area contributed by atoms with Crippen LogP contribution in [0.5, 0.6) is 5.75 Å². The van der Waals surface area contributed by atoms with Crippen LogP contribution in [0.3, 0.4) is 0 Å². The number of amides is 1. The standard InChI is InChI=1S/C19H17ClN4O2/c1-26-16-8-6-15(7-9-16)21-17-10-11-18(24-23-17)22-19(25)12-13-2-4-14(20)5-3-13/h2-11H,12H2,1H3,(H,21,23)(H,22,24,25). The van der Waals surface area contributed by atoms with Crippen LogP contribution in [0.2, 0.25) is 5.02 Å². The molecule has 7 heteroatoms. The van der Waals surface area contributed by atoms with E-state index < -0.39 is 0 Å². The minimum Gasteiger partial charge on any atom is -0.497 e. The minimum absolute atomic E-state index is 0.169. The van der Waals surface area contributed by atoms with Gasteiger partial charge in [0.2, 0.25) is 5.91 Å². The van der Waals surface area contributed by atoms with Crippen molar-refractivity contribution in [3.63, 3.8) is 0 Å². The summed E-state index contributed by atoms with van der Waals surface area (Å²) >= 11 is 5.83. The highest BCUT2D eigenvalue weighted by atomic mass is 35.5. The van der Waals surface area contributed by atoms with Crippen molar-refractivity contribution in [3.8, 4) is 5.75 Å². The third-order valence-electron chi connectivity index (χ3n) is 3.57. The molecule has 0 radical (unpaired) electrons. The van der Waals surface area contributed by atoms with Crippen LogP contribution < -0.4 is 15.4 Å². The first-order valence-corrected chi connectivity index (χ1v) is 8.29. The number of anilines is 3. The van der Waals surface area contributed by atoms with Gasteiger partial charge in [-0.1, -0.05) is 23.7 Å². The number of nitrogens with zero attached hydrogens (tertiary/aromatic N) is 2. The lowest BCUT2D eigenvalue weighted by molar-refractivity contribution is -0.115. The van der Waals surface area contributed by atoms with Gasteiger partial charge in [0.15, 0.2) is 11.6 Å². The Morgan fingerprint density at radius 2 is 1.62 bits per heavy atom. The number of nitrogens with one attached hydrogen (secondary N) is 2. The number of hydrogen-bond donors (Lipinski definition) is 2. The predicted molar refractivity (Wildman–Crippen MR) is 102 cm³/mol. The molecule has 0 saturated carbocycles. The first kappa shape index (κ1) is 17.7. The lowest BCUT2D eigenvalue weighted by Gasteiger charge is -2.07. The van der Waals surface area contributed by atoms with E-state index in [1.807, 2.05) is 36.4 Å². The average Bonchev–Trinajstić information content (AvgIpc) is 2.66. The number of aromatic nitrogens is 2. The normalized spacial score (nSPS) is 10.2. The second-order valence-electron chi connectivity index (χ2n) is 5.51. The van der Waals surface area contributed by atoms with Crippen molar-refractivity contribution < 1.29 is 9.53 Å². The molecule has 26 heavy (non-hydrogen) atoms. The fourth-order valence-corrected chi connectivity index (χ4v) is 2.39. The molecule has 1 amide bonds. The third kappa shape index (κ3) is 4.94. The summed E-state index contributed by atoms with van der Waals surface area (Å²) in [6, 6.07) is 18.0. The van der Waals surface area contributed by atoms with E-state index in [1.54, 1.807) is 31.4 Å². The predicted octanol–water partition coefficient (Wildman–Crippen LogP) is 4.06. The average molecular weight is 369 g/mol. The molecule has 1 heterocycles. The highest BCUT2D eigenvalue weighted by Crippen LogP contribution is 2.19. The summed E-state index contributed by atoms with van der Waals surface area (Å²) in [5.74, 6) is 1.58. The van der Waals surface area contributed by atoms with Gasteiger partial charge in [-0.05, 0) is 54.1 Å². The van der Waals surface area contributed by atoms with Gasteiger partial charge in [-0.25, -0.2) is 0 Å². The van der Waals surface area contributed by atoms with E-state index in [4.69, 9.17) is 16.3 Å². The molecular weight excluding hydrogens is 352 g/mol. The molecule has 3 rings (SSSR count). The summed E-state index contributed by atoms with van der Waals surface area (Å²) in [5.41, 5.74) is 1.73. The molecule has 0 saturated heterocycles. The lowest BCUT2D eigenvalue weighted by Crippen LogP contribution is -2.15. The quantitative estimate of drug-likeness (QED) is 0.686. The van der Waals surface area contributed by atoms with E-state index in [1.165, 1.54) is 0 Å². The van der Waals surface area contributed by atoms with E-state index in [0.29, 0.717) is 16.7 Å². The molecule has 0 aliphatic heterocycles. The zero-order valence-electron chi connectivity index (χ0n) is 14.1. The topological polar surface area (TPSA) is 76.1 Å². The molecule has 0 bridgehead atoms. The molecule has 0 spiro atoms. The number of hydrogen-bond acceptors (Lipinski definition) is 5. The Morgan fingerprint density at radius 1 is 0.962 bits per heavy atom. The summed E-state index contributed by atoms with van der Waals surface area (Å²) in [4.78, 5) is 12.1. The Bertz CT molecular complexity index is 866. The van der Waals surface area contributed by atoms with E-state index in [9.17, 15) is 4.79 Å². The number of carbonyl (C=O) groups excluding carboxylic acids is 1. The van der Waals surface area contributed by atoms with Crippen molar-refractivity contribution in [1.29, 1.82) is 0 Å². The van der Waals surface area contributed by atoms with Crippen LogP contribution >= 0.6 is 11.6 Å². The molecule has 2 N–H and O–H groups in total. The summed E-state index contributed by atoms with van der Waals surface area (Å²) in [6.45, 7) is 0. The molecule has 0 atom stereocenters. The minimum atomic E-state index is -0.169. The van der Waals surface area contributed by atoms with Crippen LogP contribution in [0.15, 0.2) is 60.7 Å². The van der Waals surface area contributed by atoms with Gasteiger partial charge in [-0.3, -0.25) is 4.79 Å². The first-order valence-electron chi connectivity index (χ1n) is 7.91. The van der Waals surface area contributed by atoms with Crippen LogP contribution in [0, 0.1) is 0 Å². The Morgan fingerprint density at radius 3 is 2.23 bits per heavy atom. The number of methoxy groups -OCH3 is 1. The van der Waals surface area contributed by atoms with Gasteiger partial charge in [-0.15, -0.1) is 10.2 Å². The maximum absolute atomic E-state index is 12.1. The van der Waals surface area contributed by atoms with Crippen LogP contribution in [0.25, 0.3) is 0 Å². The number of carbonyl (C=O) groups is 1. The van der Waals surface area contributed by atoms with Gasteiger partial charge in [0, 0.05) is 10.7 Å². The smallest absolute Gasteiger partial charge is 0.229 e. The molecule has 132 valence electrons. The second-order valence-corrected chi connectivity index (χ2v) is 5.95. The molecule has 0 fully saturated rings. The zero-order valence-corrected chi connectivity index (χ0v) is 14.8. The molecule has 1 aromatic heterocycles. The summed E-state index contributed by atoms with van der Waals surface area (Å²) in [5, 5.41) is 14.6. The van der Waals surface area contributed by atoms with Crippen molar-refractivity contribution >= 4 is 34.8 Å². The Labute approximate surface area is 156 Å². The summed E-state index contributed by atoms with van der Waals surface area (Å²) in [6.07, 6.45) is 0.241. The summed E-state index contributed by atoms with van der Waals surface area (Å²) in [7, 11) is 1.62. The maximum Gasteiger partial charge on any atom is 0.229 e. The lowest BCUT2D eigenvalue weighted by atomic mass is 10.1. The Balaban J connectivity index is 1.56. The highest BCUT2D eigenvalue weighted by molar-refractivity contribution is 6.30. The van der Waals surface area contributed by atoms with Gasteiger partial charge in [0.05, 0.1) is 13.5 Å². The van der Waals surface area contributed by atoms with Gasteiger partial charge >= 0.3 is 0 Å². The molecule has 3 aromatic rings. The van der Waals surface area contributed by atoms with Gasteiger partial charge < -0.3 is 15.4 Å². The van der Waals surface area contributed by atoms with Gasteiger partial charge in [0.25, 0.3) is 0 Å². The van der Waals surface area contributed by atoms with Crippen LogP contribution in [0.1, 0.15) is 5.56 Å². The van der Waals surface area contributed by atoms with E-state index in [0.717, 1.165) is 17.0 Å². The Kier molecular flexibility index (Phi) is 5.66. The molecule has 6 nitrogen and oxygen atoms in total. The highest BCUT2D eigenvalue weighted by Gasteiger charge is 2.06. The largest absolute Gasteiger partial charge is 0.497 e. The molecule has 0 aliphatic carbocycles. The molecule has 2 aromatic carbocycles. The van der Waals surface area contributed by atoms with Crippen LogP contribution in [-0.2, 0) is 11.2 Å². The number of rotatable bonds is 6. The Hall–Kier alpha value is -3.12. The van der Waals surface area contributed by atoms with E-state index in [2.05, 4.69) is 20.8 Å². The monoisotopic (exact) mass is 368 g/mol. The second kappa shape index (κ2) is 8.31. The number of ether oxygens (including phenoxy) is 1. The van der Waals surface area contributed by atoms with Crippen molar-refractivity contribution in [2.45, 2.75) is 6.42 Å². The van der Waals surface area contributed by atoms with Crippen LogP contribution in [-0.4, -0.2) is 23.2 Å². The van der Waals surface area contributed by atoms with Gasteiger partial charge in [-0.2, -0.15) is 0 Å². The van der Waals surface area contributed by atoms with Crippen LogP contribution in [0.4, 0.5) is 17.3 Å². The number of benzene rings is 2. The molecular formula is C19H17ClN4O2. The fourth-order valence-electron chi connectivity index (χ4n) is 2.26. The fraction of sp³-hybridized carbons (Fsp3) is 0.105. The van der Waals surface area contributed by atoms with Crippen molar-refractivity contribution in [3.05, 3.63) is 71.2 Å². The molecule has 0 unspecified atom stereocenters. The third-order valence-corrected chi connectivity index (χ3v) is 3.82. The maximum atomic E-state index is 12.1. The SMILES string of the molecule is COc1ccc(Nc2ccc(NC(=O)Cc3ccc(Cl)cc3)nn2)cc1. The van der Waals surface area contributed by atoms with Crippen molar-refractivity contribution in [2.24, 2.45) is 0 Å². The van der Waals surface area contributed by atoms with E-state index >= 15 is 0 Å². The van der Waals surface area contributed by atoms with Crippen molar-refractivity contribution in [2.75, 3.05) is 17.7 Å². The first-order chi connectivity index (χ1) is 12.6. The number of halogens is 1.